The second-order valence-corrected chi connectivity index (χ2v) is 10.7. The van der Waals surface area contributed by atoms with Gasteiger partial charge in [0.15, 0.2) is 0 Å². The Labute approximate surface area is 232 Å². The number of hydrogen-bond donors (Lipinski definition) is 2. The number of esters is 1. The van der Waals surface area contributed by atoms with Gasteiger partial charge in [0.25, 0.3) is 0 Å². The van der Waals surface area contributed by atoms with Gasteiger partial charge in [0, 0.05) is 12.0 Å². The molecule has 0 aliphatic rings. The maximum Gasteiger partial charge on any atom is 0.404 e. The molecule has 0 heterocycles. The van der Waals surface area contributed by atoms with Crippen molar-refractivity contribution in [1.82, 2.24) is 5.32 Å². The monoisotopic (exact) mass is 530 g/mol. The van der Waals surface area contributed by atoms with Crippen LogP contribution in [0.2, 0.25) is 0 Å². The third-order valence-corrected chi connectivity index (χ3v) is 6.94. The maximum atomic E-state index is 11.7. The van der Waals surface area contributed by atoms with Crippen LogP contribution in [0.25, 0.3) is 0 Å². The molecule has 0 fully saturated rings. The van der Waals surface area contributed by atoms with E-state index in [2.05, 4.69) is 49.2 Å². The van der Waals surface area contributed by atoms with Crippen molar-refractivity contribution in [3.63, 3.8) is 0 Å². The van der Waals surface area contributed by atoms with Gasteiger partial charge in [-0.3, -0.25) is 0 Å². The van der Waals surface area contributed by atoms with Crippen LogP contribution < -0.4 is 11.1 Å². The highest BCUT2D eigenvalue weighted by atomic mass is 16.6. The highest BCUT2D eigenvalue weighted by Gasteiger charge is 2.16. The molecule has 0 aliphatic carbocycles. The van der Waals surface area contributed by atoms with Gasteiger partial charge in [-0.2, -0.15) is 0 Å². The van der Waals surface area contributed by atoms with E-state index in [1.54, 1.807) is 6.92 Å². The molecule has 216 valence electrons. The summed E-state index contributed by atoms with van der Waals surface area (Å²) in [7, 11) is 0. The van der Waals surface area contributed by atoms with Crippen LogP contribution in [0.1, 0.15) is 109 Å². The van der Waals surface area contributed by atoms with Crippen molar-refractivity contribution in [3.8, 4) is 0 Å². The number of amides is 1. The van der Waals surface area contributed by atoms with E-state index < -0.39 is 18.2 Å². The standard InChI is InChI=1S/C32H54N2O4/c1-4-5-6-7-8-9-10-11-12-13-14-16-21-29(24-28-19-17-15-18-20-28)25-34-23-22-30(38-32(33)36)26-37-31(35)27(2)3/h15,17-20,29-30,34H,2,4-14,16,21-26H2,1,3H3,(H2,33,36). The average molecular weight is 531 g/mol. The molecule has 1 amide bonds. The minimum atomic E-state index is -0.865. The van der Waals surface area contributed by atoms with E-state index >= 15 is 0 Å². The molecule has 0 radical (unpaired) electrons. The number of benzene rings is 1. The number of ether oxygens (including phenoxy) is 2. The molecule has 38 heavy (non-hydrogen) atoms. The zero-order valence-corrected chi connectivity index (χ0v) is 24.2. The van der Waals surface area contributed by atoms with Crippen LogP contribution in [0.15, 0.2) is 42.5 Å². The van der Waals surface area contributed by atoms with Gasteiger partial charge in [0.05, 0.1) is 0 Å². The van der Waals surface area contributed by atoms with E-state index in [0.717, 1.165) is 13.0 Å². The predicted molar refractivity (Wildman–Crippen MR) is 157 cm³/mol. The Bertz CT molecular complexity index is 753. The highest BCUT2D eigenvalue weighted by molar-refractivity contribution is 5.86. The fourth-order valence-corrected chi connectivity index (χ4v) is 4.70. The van der Waals surface area contributed by atoms with Gasteiger partial charge < -0.3 is 20.5 Å². The molecule has 0 aliphatic heterocycles. The van der Waals surface area contributed by atoms with Crippen molar-refractivity contribution in [2.24, 2.45) is 11.7 Å². The first-order chi connectivity index (χ1) is 18.4. The van der Waals surface area contributed by atoms with E-state index in [1.807, 2.05) is 0 Å². The predicted octanol–water partition coefficient (Wildman–Crippen LogP) is 7.50. The van der Waals surface area contributed by atoms with Crippen molar-refractivity contribution >= 4 is 12.1 Å². The topological polar surface area (TPSA) is 90.7 Å². The van der Waals surface area contributed by atoms with E-state index in [-0.39, 0.29) is 6.61 Å². The Kier molecular flexibility index (Phi) is 20.1. The summed E-state index contributed by atoms with van der Waals surface area (Å²) in [6, 6.07) is 10.6. The Morgan fingerprint density at radius 3 is 2.03 bits per heavy atom. The number of hydrogen-bond acceptors (Lipinski definition) is 5. The van der Waals surface area contributed by atoms with Crippen LogP contribution in [-0.2, 0) is 20.7 Å². The summed E-state index contributed by atoms with van der Waals surface area (Å²) >= 11 is 0. The largest absolute Gasteiger partial charge is 0.458 e. The minimum absolute atomic E-state index is 0.0252. The summed E-state index contributed by atoms with van der Waals surface area (Å²) in [5.74, 6) is 0.0404. The molecule has 1 aromatic carbocycles. The molecule has 6 heteroatoms. The van der Waals surface area contributed by atoms with Gasteiger partial charge >= 0.3 is 12.1 Å². The number of nitrogens with one attached hydrogen (secondary N) is 1. The fraction of sp³-hybridized carbons (Fsp3) is 0.688. The Morgan fingerprint density at radius 2 is 1.47 bits per heavy atom. The van der Waals surface area contributed by atoms with Gasteiger partial charge in [-0.1, -0.05) is 121 Å². The van der Waals surface area contributed by atoms with E-state index in [1.165, 1.54) is 89.0 Å². The normalized spacial score (nSPS) is 12.6. The number of nitrogens with two attached hydrogens (primary N) is 1. The van der Waals surface area contributed by atoms with E-state index in [0.29, 0.717) is 24.5 Å². The first-order valence-electron chi connectivity index (χ1n) is 15.0. The lowest BCUT2D eigenvalue weighted by atomic mass is 9.93. The molecule has 6 nitrogen and oxygen atoms in total. The molecular weight excluding hydrogens is 476 g/mol. The zero-order chi connectivity index (χ0) is 27.8. The third-order valence-electron chi connectivity index (χ3n) is 6.94. The Hall–Kier alpha value is -2.34. The molecule has 0 spiro atoms. The second kappa shape index (κ2) is 22.6. The molecule has 0 aromatic heterocycles. The van der Waals surface area contributed by atoms with Crippen LogP contribution in [-0.4, -0.2) is 37.9 Å². The van der Waals surface area contributed by atoms with Gasteiger partial charge in [-0.25, -0.2) is 9.59 Å². The quantitative estimate of drug-likeness (QED) is 0.0820. The summed E-state index contributed by atoms with van der Waals surface area (Å²) in [6.45, 7) is 8.93. The molecular formula is C32H54N2O4. The third kappa shape index (κ3) is 18.8. The van der Waals surface area contributed by atoms with Gasteiger partial charge in [0.2, 0.25) is 0 Å². The summed E-state index contributed by atoms with van der Waals surface area (Å²) in [5, 5.41) is 3.52. The molecule has 1 rings (SSSR count). The van der Waals surface area contributed by atoms with Crippen molar-refractivity contribution in [1.29, 1.82) is 0 Å². The van der Waals surface area contributed by atoms with Crippen molar-refractivity contribution < 1.29 is 19.1 Å². The van der Waals surface area contributed by atoms with Crippen LogP contribution in [0.5, 0.6) is 0 Å². The number of primary amides is 1. The molecule has 2 atom stereocenters. The number of carbonyl (C=O) groups excluding carboxylic acids is 2. The molecule has 2 unspecified atom stereocenters. The maximum absolute atomic E-state index is 11.7. The van der Waals surface area contributed by atoms with Gasteiger partial charge in [0.1, 0.15) is 12.7 Å². The van der Waals surface area contributed by atoms with Crippen molar-refractivity contribution in [2.75, 3.05) is 19.7 Å². The van der Waals surface area contributed by atoms with E-state index in [9.17, 15) is 9.59 Å². The minimum Gasteiger partial charge on any atom is -0.458 e. The van der Waals surface area contributed by atoms with Gasteiger partial charge in [-0.15, -0.1) is 0 Å². The molecule has 1 aromatic rings. The Morgan fingerprint density at radius 1 is 0.895 bits per heavy atom. The summed E-state index contributed by atoms with van der Waals surface area (Å²) < 4.78 is 10.3. The average Bonchev–Trinajstić information content (AvgIpc) is 2.89. The van der Waals surface area contributed by atoms with E-state index in [4.69, 9.17) is 15.2 Å². The fourth-order valence-electron chi connectivity index (χ4n) is 4.70. The van der Waals surface area contributed by atoms with Crippen LogP contribution in [0, 0.1) is 5.92 Å². The van der Waals surface area contributed by atoms with Crippen LogP contribution >= 0.6 is 0 Å². The first kappa shape index (κ1) is 33.7. The lowest BCUT2D eigenvalue weighted by molar-refractivity contribution is -0.142. The molecule has 0 saturated heterocycles. The number of rotatable bonds is 24. The SMILES string of the molecule is C=C(C)C(=O)OCC(CCNCC(CCCCCCCCCCCCCC)Cc1ccccc1)OC(N)=O. The smallest absolute Gasteiger partial charge is 0.404 e. The van der Waals surface area contributed by atoms with Crippen LogP contribution in [0.3, 0.4) is 0 Å². The van der Waals surface area contributed by atoms with Gasteiger partial charge in [-0.05, 0) is 44.3 Å². The lowest BCUT2D eigenvalue weighted by Crippen LogP contribution is -2.33. The summed E-state index contributed by atoms with van der Waals surface area (Å²) in [6.07, 6.45) is 17.6. The number of carbonyl (C=O) groups is 2. The molecule has 0 bridgehead atoms. The highest BCUT2D eigenvalue weighted by Crippen LogP contribution is 2.18. The molecule has 3 N–H and O–H groups in total. The number of unbranched alkanes of at least 4 members (excludes halogenated alkanes) is 11. The second-order valence-electron chi connectivity index (χ2n) is 10.7. The van der Waals surface area contributed by atoms with Crippen molar-refractivity contribution in [3.05, 3.63) is 48.0 Å². The summed E-state index contributed by atoms with van der Waals surface area (Å²) in [5.41, 5.74) is 6.86. The van der Waals surface area contributed by atoms with Crippen molar-refractivity contribution in [2.45, 2.75) is 116 Å². The van der Waals surface area contributed by atoms with Crippen LogP contribution in [0.4, 0.5) is 4.79 Å². The lowest BCUT2D eigenvalue weighted by Gasteiger charge is -2.20. The zero-order valence-electron chi connectivity index (χ0n) is 24.2. The first-order valence-corrected chi connectivity index (χ1v) is 15.0. The molecule has 0 saturated carbocycles. The summed E-state index contributed by atoms with van der Waals surface area (Å²) in [4.78, 5) is 22.9. The Balaban J connectivity index is 2.33.